The van der Waals surface area contributed by atoms with Gasteiger partial charge >= 0.3 is 0 Å². The second-order valence-electron chi connectivity index (χ2n) is 4.14. The van der Waals surface area contributed by atoms with Crippen LogP contribution in [0.25, 0.3) is 0 Å². The minimum Gasteiger partial charge on any atom is -0.382 e. The van der Waals surface area contributed by atoms with Crippen LogP contribution in [0.3, 0.4) is 0 Å². The van der Waals surface area contributed by atoms with Crippen molar-refractivity contribution >= 4 is 23.2 Å². The molecule has 0 aliphatic heterocycles. The average molecular weight is 303 g/mol. The molecule has 0 aliphatic rings. The monoisotopic (exact) mass is 302 g/mol. The highest BCUT2D eigenvalue weighted by atomic mass is 35.5. The third-order valence-corrected chi connectivity index (χ3v) is 3.42. The van der Waals surface area contributed by atoms with Gasteiger partial charge in [-0.05, 0) is 18.6 Å². The van der Waals surface area contributed by atoms with Gasteiger partial charge in [0.1, 0.15) is 11.9 Å². The minimum atomic E-state index is -1.24. The number of halogens is 3. The first-order valence-electron chi connectivity index (χ1n) is 5.89. The van der Waals surface area contributed by atoms with Crippen LogP contribution in [0.4, 0.5) is 4.39 Å². The van der Waals surface area contributed by atoms with Gasteiger partial charge in [-0.1, -0.05) is 36.2 Å². The standard InChI is InChI=1S/C13H13Cl2FN2O/c1-2-6-18-12(9(15)7-17-18)13(19)11-8(14)4-3-5-10(11)16/h3-5,7,13,19H,2,6H2,1H3. The zero-order chi connectivity index (χ0) is 14.0. The van der Waals surface area contributed by atoms with E-state index in [1.165, 1.54) is 24.4 Å². The Hall–Kier alpha value is -1.10. The van der Waals surface area contributed by atoms with Gasteiger partial charge in [0.25, 0.3) is 0 Å². The number of aliphatic hydroxyl groups excluding tert-OH is 1. The molecule has 0 bridgehead atoms. The van der Waals surface area contributed by atoms with Crippen LogP contribution in [0.5, 0.6) is 0 Å². The largest absolute Gasteiger partial charge is 0.382 e. The van der Waals surface area contributed by atoms with Crippen LogP contribution in [-0.2, 0) is 6.54 Å². The van der Waals surface area contributed by atoms with Gasteiger partial charge in [-0.25, -0.2) is 4.39 Å². The highest BCUT2D eigenvalue weighted by Crippen LogP contribution is 2.33. The van der Waals surface area contributed by atoms with E-state index >= 15 is 0 Å². The Morgan fingerprint density at radius 1 is 1.37 bits per heavy atom. The van der Waals surface area contributed by atoms with Crippen molar-refractivity contribution in [2.75, 3.05) is 0 Å². The lowest BCUT2D eigenvalue weighted by Crippen LogP contribution is -2.12. The van der Waals surface area contributed by atoms with Gasteiger partial charge in [0.05, 0.1) is 16.9 Å². The van der Waals surface area contributed by atoms with Crippen LogP contribution < -0.4 is 0 Å². The summed E-state index contributed by atoms with van der Waals surface area (Å²) in [5.41, 5.74) is 0.374. The number of aromatic nitrogens is 2. The summed E-state index contributed by atoms with van der Waals surface area (Å²) in [4.78, 5) is 0. The van der Waals surface area contributed by atoms with Crippen LogP contribution in [0.15, 0.2) is 24.4 Å². The molecule has 1 N–H and O–H groups in total. The first kappa shape index (κ1) is 14.3. The second kappa shape index (κ2) is 5.90. The summed E-state index contributed by atoms with van der Waals surface area (Å²) in [6.45, 7) is 2.56. The fourth-order valence-electron chi connectivity index (χ4n) is 1.94. The van der Waals surface area contributed by atoms with E-state index in [4.69, 9.17) is 23.2 Å². The molecule has 0 saturated heterocycles. The molecule has 1 aromatic carbocycles. The summed E-state index contributed by atoms with van der Waals surface area (Å²) in [6.07, 6.45) is 1.02. The van der Waals surface area contributed by atoms with Crippen molar-refractivity contribution in [3.05, 3.63) is 51.5 Å². The molecule has 0 fully saturated rings. The van der Waals surface area contributed by atoms with Gasteiger partial charge in [0.15, 0.2) is 0 Å². The number of benzene rings is 1. The molecule has 1 heterocycles. The summed E-state index contributed by atoms with van der Waals surface area (Å²) in [5.74, 6) is -0.569. The molecule has 19 heavy (non-hydrogen) atoms. The van der Waals surface area contributed by atoms with Crippen molar-refractivity contribution in [3.8, 4) is 0 Å². The van der Waals surface area contributed by atoms with Crippen LogP contribution in [0.1, 0.15) is 30.7 Å². The molecule has 0 radical (unpaired) electrons. The Labute approximate surface area is 120 Å². The predicted molar refractivity (Wildman–Crippen MR) is 73.0 cm³/mol. The van der Waals surface area contributed by atoms with E-state index in [1.807, 2.05) is 6.92 Å². The van der Waals surface area contributed by atoms with E-state index in [2.05, 4.69) is 5.10 Å². The van der Waals surface area contributed by atoms with Crippen LogP contribution >= 0.6 is 23.2 Å². The quantitative estimate of drug-likeness (QED) is 0.932. The molecular formula is C13H13Cl2FN2O. The predicted octanol–water partition coefficient (Wildman–Crippen LogP) is 3.82. The average Bonchev–Trinajstić information content (AvgIpc) is 2.70. The Balaban J connectivity index is 2.50. The van der Waals surface area contributed by atoms with Gasteiger partial charge in [-0.15, -0.1) is 0 Å². The summed E-state index contributed by atoms with van der Waals surface area (Å²) in [7, 11) is 0. The van der Waals surface area contributed by atoms with Gasteiger partial charge < -0.3 is 5.11 Å². The normalized spacial score (nSPS) is 12.7. The lowest BCUT2D eigenvalue weighted by molar-refractivity contribution is 0.202. The molecule has 6 heteroatoms. The highest BCUT2D eigenvalue weighted by Gasteiger charge is 2.24. The number of hydrogen-bond donors (Lipinski definition) is 1. The summed E-state index contributed by atoms with van der Waals surface area (Å²) < 4.78 is 15.4. The zero-order valence-corrected chi connectivity index (χ0v) is 11.8. The van der Waals surface area contributed by atoms with Gasteiger partial charge in [-0.3, -0.25) is 4.68 Å². The molecule has 0 spiro atoms. The number of nitrogens with zero attached hydrogens (tertiary/aromatic N) is 2. The van der Waals surface area contributed by atoms with E-state index < -0.39 is 11.9 Å². The molecule has 2 aromatic rings. The molecule has 0 saturated carbocycles. The molecule has 0 aliphatic carbocycles. The fourth-order valence-corrected chi connectivity index (χ4v) is 2.45. The van der Waals surface area contributed by atoms with Gasteiger partial charge in [0.2, 0.25) is 0 Å². The zero-order valence-electron chi connectivity index (χ0n) is 10.3. The van der Waals surface area contributed by atoms with Gasteiger partial charge in [0, 0.05) is 17.1 Å². The van der Waals surface area contributed by atoms with Crippen molar-refractivity contribution < 1.29 is 9.50 Å². The SMILES string of the molecule is CCCn1ncc(Cl)c1C(O)c1c(F)cccc1Cl. The third kappa shape index (κ3) is 2.76. The molecule has 2 rings (SSSR count). The molecule has 1 atom stereocenters. The van der Waals surface area contributed by atoms with E-state index in [-0.39, 0.29) is 10.6 Å². The van der Waals surface area contributed by atoms with Crippen molar-refractivity contribution in [2.45, 2.75) is 26.0 Å². The first-order chi connectivity index (χ1) is 9.06. The maximum Gasteiger partial charge on any atom is 0.130 e. The second-order valence-corrected chi connectivity index (χ2v) is 4.95. The molecule has 102 valence electrons. The van der Waals surface area contributed by atoms with E-state index in [0.717, 1.165) is 6.42 Å². The Morgan fingerprint density at radius 2 is 2.11 bits per heavy atom. The first-order valence-corrected chi connectivity index (χ1v) is 6.65. The molecule has 1 unspecified atom stereocenters. The van der Waals surface area contributed by atoms with Crippen molar-refractivity contribution in [3.63, 3.8) is 0 Å². The van der Waals surface area contributed by atoms with E-state index in [9.17, 15) is 9.50 Å². The smallest absolute Gasteiger partial charge is 0.130 e. The maximum absolute atomic E-state index is 13.8. The topological polar surface area (TPSA) is 38.0 Å². The van der Waals surface area contributed by atoms with E-state index in [0.29, 0.717) is 17.3 Å². The number of aryl methyl sites for hydroxylation is 1. The maximum atomic E-state index is 13.8. The number of hydrogen-bond acceptors (Lipinski definition) is 2. The minimum absolute atomic E-state index is 0.0175. The molecule has 0 amide bonds. The number of aliphatic hydroxyl groups is 1. The lowest BCUT2D eigenvalue weighted by Gasteiger charge is -2.16. The fraction of sp³-hybridized carbons (Fsp3) is 0.308. The van der Waals surface area contributed by atoms with Crippen LogP contribution in [-0.4, -0.2) is 14.9 Å². The summed E-state index contributed by atoms with van der Waals surface area (Å²) in [6, 6.07) is 4.26. The van der Waals surface area contributed by atoms with Gasteiger partial charge in [-0.2, -0.15) is 5.10 Å². The van der Waals surface area contributed by atoms with Crippen molar-refractivity contribution in [1.82, 2.24) is 9.78 Å². The molecular weight excluding hydrogens is 290 g/mol. The summed E-state index contributed by atoms with van der Waals surface area (Å²) >= 11 is 12.0. The Bertz CT molecular complexity index is 566. The molecule has 1 aromatic heterocycles. The lowest BCUT2D eigenvalue weighted by atomic mass is 10.1. The Kier molecular flexibility index (Phi) is 4.45. The van der Waals surface area contributed by atoms with Crippen LogP contribution in [0.2, 0.25) is 10.0 Å². The number of rotatable bonds is 4. The van der Waals surface area contributed by atoms with Crippen LogP contribution in [0, 0.1) is 5.82 Å². The van der Waals surface area contributed by atoms with Crippen molar-refractivity contribution in [1.29, 1.82) is 0 Å². The molecule has 3 nitrogen and oxygen atoms in total. The third-order valence-electron chi connectivity index (χ3n) is 2.80. The highest BCUT2D eigenvalue weighted by molar-refractivity contribution is 6.32. The van der Waals surface area contributed by atoms with Crippen molar-refractivity contribution in [2.24, 2.45) is 0 Å². The Morgan fingerprint density at radius 3 is 2.74 bits per heavy atom. The summed E-state index contributed by atoms with van der Waals surface area (Å²) in [5, 5.41) is 14.9. The van der Waals surface area contributed by atoms with E-state index in [1.54, 1.807) is 4.68 Å².